The van der Waals surface area contributed by atoms with E-state index >= 15 is 0 Å². The summed E-state index contributed by atoms with van der Waals surface area (Å²) in [5.41, 5.74) is 1.21. The maximum Gasteiger partial charge on any atom is 0.242 e. The predicted octanol–water partition coefficient (Wildman–Crippen LogP) is 6.18. The number of halogens is 4. The number of unbranched alkanes of at least 4 members (excludes halogenated alkanes) is 1. The largest absolute Gasteiger partial charge is 0.354 e. The zero-order chi connectivity index (χ0) is 22.3. The first-order valence-electron chi connectivity index (χ1n) is 9.68. The van der Waals surface area contributed by atoms with Crippen molar-refractivity contribution in [2.24, 2.45) is 0 Å². The molecule has 0 unspecified atom stereocenters. The number of carbonyl (C=O) groups is 2. The van der Waals surface area contributed by atoms with E-state index in [-0.39, 0.29) is 24.8 Å². The van der Waals surface area contributed by atoms with Gasteiger partial charge in [-0.25, -0.2) is 0 Å². The van der Waals surface area contributed by atoms with Crippen LogP contribution < -0.4 is 5.32 Å². The minimum absolute atomic E-state index is 0.0315. The smallest absolute Gasteiger partial charge is 0.242 e. The third-order valence-electron chi connectivity index (χ3n) is 4.74. The van der Waals surface area contributed by atoms with Gasteiger partial charge < -0.3 is 10.2 Å². The van der Waals surface area contributed by atoms with E-state index in [0.717, 1.165) is 12.8 Å². The zero-order valence-electron chi connectivity index (χ0n) is 16.9. The van der Waals surface area contributed by atoms with Gasteiger partial charge in [0.1, 0.15) is 6.04 Å². The molecule has 0 bridgehead atoms. The van der Waals surface area contributed by atoms with Crippen LogP contribution in [-0.2, 0) is 22.6 Å². The lowest BCUT2D eigenvalue weighted by Gasteiger charge is -2.29. The SMILES string of the molecule is CCCCNC(=O)[C@H](C)N(Cc1ccc(Cl)cc1Cl)C(=O)Cc1c(Cl)cccc1Cl. The molecular formula is C22H24Cl4N2O2. The first kappa shape index (κ1) is 24.8. The Morgan fingerprint density at radius 3 is 2.30 bits per heavy atom. The average Bonchev–Trinajstić information content (AvgIpc) is 2.69. The fourth-order valence-corrected chi connectivity index (χ4v) is 3.91. The second-order valence-electron chi connectivity index (χ2n) is 6.95. The van der Waals surface area contributed by atoms with E-state index < -0.39 is 6.04 Å². The molecule has 0 aliphatic carbocycles. The fourth-order valence-electron chi connectivity index (χ4n) is 2.91. The van der Waals surface area contributed by atoms with Crippen LogP contribution in [0.15, 0.2) is 36.4 Å². The second kappa shape index (κ2) is 11.8. The lowest BCUT2D eigenvalue weighted by Crippen LogP contribution is -2.48. The topological polar surface area (TPSA) is 49.4 Å². The van der Waals surface area contributed by atoms with Crippen LogP contribution in [0.5, 0.6) is 0 Å². The number of amides is 2. The zero-order valence-corrected chi connectivity index (χ0v) is 19.9. The van der Waals surface area contributed by atoms with Gasteiger partial charge in [0.25, 0.3) is 0 Å². The monoisotopic (exact) mass is 488 g/mol. The Bertz CT molecular complexity index is 884. The summed E-state index contributed by atoms with van der Waals surface area (Å²) in [6.45, 7) is 4.44. The molecule has 1 atom stereocenters. The number of nitrogens with one attached hydrogen (secondary N) is 1. The first-order valence-corrected chi connectivity index (χ1v) is 11.2. The maximum atomic E-state index is 13.2. The summed E-state index contributed by atoms with van der Waals surface area (Å²) in [5.74, 6) is -0.513. The van der Waals surface area contributed by atoms with E-state index in [1.165, 1.54) is 4.90 Å². The predicted molar refractivity (Wildman–Crippen MR) is 125 cm³/mol. The van der Waals surface area contributed by atoms with Gasteiger partial charge >= 0.3 is 0 Å². The molecule has 0 heterocycles. The minimum atomic E-state index is -0.706. The van der Waals surface area contributed by atoms with Gasteiger partial charge in [0.05, 0.1) is 6.42 Å². The van der Waals surface area contributed by atoms with Gasteiger partial charge in [-0.3, -0.25) is 9.59 Å². The molecule has 8 heteroatoms. The van der Waals surface area contributed by atoms with Crippen molar-refractivity contribution in [3.05, 3.63) is 67.6 Å². The summed E-state index contributed by atoms with van der Waals surface area (Å²) >= 11 is 24.8. The van der Waals surface area contributed by atoms with Gasteiger partial charge in [0, 0.05) is 33.2 Å². The van der Waals surface area contributed by atoms with Crippen LogP contribution in [0.4, 0.5) is 0 Å². The Hall–Kier alpha value is -1.46. The first-order chi connectivity index (χ1) is 14.2. The summed E-state index contributed by atoms with van der Waals surface area (Å²) < 4.78 is 0. The molecule has 0 spiro atoms. The highest BCUT2D eigenvalue weighted by molar-refractivity contribution is 6.36. The summed E-state index contributed by atoms with van der Waals surface area (Å²) in [7, 11) is 0. The van der Waals surface area contributed by atoms with Crippen molar-refractivity contribution < 1.29 is 9.59 Å². The van der Waals surface area contributed by atoms with Crippen LogP contribution >= 0.6 is 46.4 Å². The van der Waals surface area contributed by atoms with Crippen LogP contribution in [0.2, 0.25) is 20.1 Å². The van der Waals surface area contributed by atoms with E-state index in [1.54, 1.807) is 43.3 Å². The molecular weight excluding hydrogens is 466 g/mol. The van der Waals surface area contributed by atoms with Crippen LogP contribution in [0.25, 0.3) is 0 Å². The van der Waals surface area contributed by atoms with Gasteiger partial charge in [-0.2, -0.15) is 0 Å². The number of rotatable bonds is 9. The number of nitrogens with zero attached hydrogens (tertiary/aromatic N) is 1. The van der Waals surface area contributed by atoms with E-state index in [2.05, 4.69) is 5.32 Å². The Morgan fingerprint density at radius 2 is 1.70 bits per heavy atom. The van der Waals surface area contributed by atoms with Crippen molar-refractivity contribution in [1.82, 2.24) is 10.2 Å². The molecule has 162 valence electrons. The summed E-state index contributed by atoms with van der Waals surface area (Å²) in [6, 6.07) is 9.42. The van der Waals surface area contributed by atoms with Crippen molar-refractivity contribution in [2.45, 2.75) is 45.7 Å². The normalized spacial score (nSPS) is 11.8. The molecule has 0 fully saturated rings. The van der Waals surface area contributed by atoms with Gasteiger partial charge in [-0.1, -0.05) is 71.9 Å². The minimum Gasteiger partial charge on any atom is -0.354 e. The number of hydrogen-bond donors (Lipinski definition) is 1. The van der Waals surface area contributed by atoms with E-state index in [9.17, 15) is 9.59 Å². The van der Waals surface area contributed by atoms with E-state index in [1.807, 2.05) is 6.92 Å². The third kappa shape index (κ3) is 6.78. The molecule has 0 radical (unpaired) electrons. The summed E-state index contributed by atoms with van der Waals surface area (Å²) in [6.07, 6.45) is 1.80. The molecule has 4 nitrogen and oxygen atoms in total. The molecule has 0 aliphatic rings. The van der Waals surface area contributed by atoms with Crippen molar-refractivity contribution in [1.29, 1.82) is 0 Å². The highest BCUT2D eigenvalue weighted by Crippen LogP contribution is 2.27. The molecule has 1 N–H and O–H groups in total. The number of carbonyl (C=O) groups excluding carboxylic acids is 2. The van der Waals surface area contributed by atoms with E-state index in [0.29, 0.717) is 37.8 Å². The molecule has 2 rings (SSSR count). The highest BCUT2D eigenvalue weighted by atomic mass is 35.5. The lowest BCUT2D eigenvalue weighted by molar-refractivity contribution is -0.140. The lowest BCUT2D eigenvalue weighted by atomic mass is 10.1. The van der Waals surface area contributed by atoms with Crippen molar-refractivity contribution in [2.75, 3.05) is 6.54 Å². The molecule has 30 heavy (non-hydrogen) atoms. The Morgan fingerprint density at radius 1 is 1.03 bits per heavy atom. The van der Waals surface area contributed by atoms with Crippen molar-refractivity contribution >= 4 is 58.2 Å². The Kier molecular flexibility index (Phi) is 9.76. The van der Waals surface area contributed by atoms with Gasteiger partial charge in [-0.15, -0.1) is 0 Å². The van der Waals surface area contributed by atoms with Gasteiger partial charge in [-0.05, 0) is 48.7 Å². The molecule has 0 aliphatic heterocycles. The van der Waals surface area contributed by atoms with Crippen LogP contribution in [-0.4, -0.2) is 29.3 Å². The number of hydrogen-bond acceptors (Lipinski definition) is 2. The van der Waals surface area contributed by atoms with Gasteiger partial charge in [0.15, 0.2) is 0 Å². The molecule has 2 aromatic carbocycles. The van der Waals surface area contributed by atoms with Gasteiger partial charge in [0.2, 0.25) is 11.8 Å². The molecule has 0 saturated carbocycles. The van der Waals surface area contributed by atoms with Crippen LogP contribution in [0, 0.1) is 0 Å². The standard InChI is InChI=1S/C22H24Cl4N2O2/c1-3-4-10-27-22(30)14(2)28(13-15-8-9-16(23)11-20(15)26)21(29)12-17-18(24)6-5-7-19(17)25/h5-9,11,14H,3-4,10,12-13H2,1-2H3,(H,27,30)/t14-/m0/s1. The maximum absolute atomic E-state index is 13.2. The van der Waals surface area contributed by atoms with Crippen molar-refractivity contribution in [3.63, 3.8) is 0 Å². The molecule has 0 saturated heterocycles. The highest BCUT2D eigenvalue weighted by Gasteiger charge is 2.27. The molecule has 2 amide bonds. The number of benzene rings is 2. The Labute approximate surface area is 197 Å². The van der Waals surface area contributed by atoms with Crippen LogP contribution in [0.3, 0.4) is 0 Å². The quantitative estimate of drug-likeness (QED) is 0.427. The third-order valence-corrected chi connectivity index (χ3v) is 6.04. The second-order valence-corrected chi connectivity index (χ2v) is 8.61. The van der Waals surface area contributed by atoms with E-state index in [4.69, 9.17) is 46.4 Å². The summed E-state index contributed by atoms with van der Waals surface area (Å²) in [4.78, 5) is 27.4. The van der Waals surface area contributed by atoms with Crippen molar-refractivity contribution in [3.8, 4) is 0 Å². The average molecular weight is 490 g/mol. The molecule has 2 aromatic rings. The summed E-state index contributed by atoms with van der Waals surface area (Å²) in [5, 5.41) is 4.60. The Balaban J connectivity index is 2.29. The molecule has 0 aromatic heterocycles. The fraction of sp³-hybridized carbons (Fsp3) is 0.364. The van der Waals surface area contributed by atoms with Crippen LogP contribution in [0.1, 0.15) is 37.8 Å².